The Kier molecular flexibility index (Phi) is 2.75. The van der Waals surface area contributed by atoms with Gasteiger partial charge in [-0.15, -0.1) is 11.3 Å². The van der Waals surface area contributed by atoms with Crippen LogP contribution in [0.5, 0.6) is 0 Å². The molecule has 0 radical (unpaired) electrons. The molecule has 0 spiro atoms. The highest BCUT2D eigenvalue weighted by atomic mass is 32.1. The first-order chi connectivity index (χ1) is 9.13. The predicted octanol–water partition coefficient (Wildman–Crippen LogP) is 0.395. The third-order valence-corrected chi connectivity index (χ3v) is 3.60. The molecule has 6 nitrogen and oxygen atoms in total. The van der Waals surface area contributed by atoms with Crippen molar-refractivity contribution in [2.45, 2.75) is 0 Å². The second-order valence-corrected chi connectivity index (χ2v) is 5.05. The number of piperazine rings is 1. The van der Waals surface area contributed by atoms with Gasteiger partial charge >= 0.3 is 0 Å². The molecule has 96 valence electrons. The van der Waals surface area contributed by atoms with Crippen LogP contribution in [0.2, 0.25) is 0 Å². The molecule has 0 aliphatic carbocycles. The van der Waals surface area contributed by atoms with Crippen molar-refractivity contribution in [3.63, 3.8) is 0 Å². The van der Waals surface area contributed by atoms with E-state index in [1.807, 2.05) is 0 Å². The zero-order valence-corrected chi connectivity index (χ0v) is 10.6. The monoisotopic (exact) mass is 275 g/mol. The first-order valence-electron chi connectivity index (χ1n) is 5.59. The third kappa shape index (κ3) is 2.19. The van der Waals surface area contributed by atoms with Gasteiger partial charge in [-0.1, -0.05) is 0 Å². The summed E-state index contributed by atoms with van der Waals surface area (Å²) in [6.07, 6.45) is 0. The van der Waals surface area contributed by atoms with Crippen molar-refractivity contribution < 1.29 is 14.4 Å². The largest absolute Gasteiger partial charge is 0.320 e. The van der Waals surface area contributed by atoms with E-state index >= 15 is 0 Å². The van der Waals surface area contributed by atoms with E-state index in [1.54, 1.807) is 23.7 Å². The first-order valence-corrected chi connectivity index (χ1v) is 6.46. The number of hydrogen-bond acceptors (Lipinski definition) is 5. The lowest BCUT2D eigenvalue weighted by molar-refractivity contribution is -0.135. The molecule has 1 saturated heterocycles. The van der Waals surface area contributed by atoms with Gasteiger partial charge in [0.15, 0.2) is 0 Å². The Balaban J connectivity index is 1.90. The molecule has 0 bridgehead atoms. The molecule has 7 heteroatoms. The van der Waals surface area contributed by atoms with Crippen molar-refractivity contribution in [1.29, 1.82) is 0 Å². The number of fused-ring (bicyclic) bond motifs is 1. The average molecular weight is 275 g/mol. The van der Waals surface area contributed by atoms with Crippen LogP contribution in [0.25, 0.3) is 10.2 Å². The Bertz CT molecular complexity index is 678. The van der Waals surface area contributed by atoms with Gasteiger partial charge in [-0.25, -0.2) is 4.98 Å². The van der Waals surface area contributed by atoms with E-state index in [4.69, 9.17) is 0 Å². The number of amides is 3. The summed E-state index contributed by atoms with van der Waals surface area (Å²) in [5.41, 5.74) is 2.99. The summed E-state index contributed by atoms with van der Waals surface area (Å²) >= 11 is 1.44. The molecule has 3 amide bonds. The minimum atomic E-state index is -0.455. The quantitative estimate of drug-likeness (QED) is 0.764. The van der Waals surface area contributed by atoms with Crippen LogP contribution in [0.4, 0.5) is 0 Å². The van der Waals surface area contributed by atoms with Crippen LogP contribution in [0, 0.1) is 0 Å². The molecular weight excluding hydrogens is 266 g/mol. The molecular formula is C12H9N3O3S. The van der Waals surface area contributed by atoms with Gasteiger partial charge in [-0.2, -0.15) is 0 Å². The number of aromatic nitrogens is 1. The highest BCUT2D eigenvalue weighted by Crippen LogP contribution is 2.20. The minimum Gasteiger partial charge on any atom is -0.320 e. The Morgan fingerprint density at radius 3 is 2.74 bits per heavy atom. The lowest BCUT2D eigenvalue weighted by atomic mass is 10.1. The van der Waals surface area contributed by atoms with Gasteiger partial charge in [-0.3, -0.25) is 19.7 Å². The van der Waals surface area contributed by atoms with Crippen LogP contribution in [0.3, 0.4) is 0 Å². The van der Waals surface area contributed by atoms with Crippen LogP contribution in [0.1, 0.15) is 10.4 Å². The second-order valence-electron chi connectivity index (χ2n) is 4.17. The molecule has 1 N–H and O–H groups in total. The number of thiazole rings is 1. The number of imide groups is 1. The van der Waals surface area contributed by atoms with E-state index in [9.17, 15) is 14.4 Å². The molecule has 0 atom stereocenters. The van der Waals surface area contributed by atoms with Crippen molar-refractivity contribution >= 4 is 39.3 Å². The molecule has 0 saturated carbocycles. The third-order valence-electron chi connectivity index (χ3n) is 2.81. The van der Waals surface area contributed by atoms with Gasteiger partial charge in [0.1, 0.15) is 13.1 Å². The molecule has 0 unspecified atom stereocenters. The zero-order valence-electron chi connectivity index (χ0n) is 9.75. The Hall–Kier alpha value is -2.28. The summed E-state index contributed by atoms with van der Waals surface area (Å²) in [7, 11) is 0. The molecule has 2 heterocycles. The maximum atomic E-state index is 12.2. The standard InChI is InChI=1S/C12H9N3O3S/c16-10-4-15(5-11(17)14-10)12(18)7-1-2-8-9(3-7)19-6-13-8/h1-3,6H,4-5H2,(H,14,16,17). The van der Waals surface area contributed by atoms with E-state index in [2.05, 4.69) is 10.3 Å². The van der Waals surface area contributed by atoms with E-state index in [-0.39, 0.29) is 19.0 Å². The summed E-state index contributed by atoms with van der Waals surface area (Å²) in [5, 5.41) is 2.16. The fraction of sp³-hybridized carbons (Fsp3) is 0.167. The van der Waals surface area contributed by atoms with E-state index in [0.29, 0.717) is 5.56 Å². The topological polar surface area (TPSA) is 79.4 Å². The zero-order chi connectivity index (χ0) is 13.4. The smallest absolute Gasteiger partial charge is 0.254 e. The fourth-order valence-corrected chi connectivity index (χ4v) is 2.67. The summed E-state index contributed by atoms with van der Waals surface area (Å²) in [6, 6.07) is 5.14. The molecule has 1 aromatic carbocycles. The SMILES string of the molecule is O=C1CN(C(=O)c2ccc3ncsc3c2)CC(=O)N1. The van der Waals surface area contributed by atoms with Crippen molar-refractivity contribution in [2.24, 2.45) is 0 Å². The number of hydrogen-bond donors (Lipinski definition) is 1. The summed E-state index contributed by atoms with van der Waals surface area (Å²) in [5.74, 6) is -1.23. The van der Waals surface area contributed by atoms with Gasteiger partial charge in [0.2, 0.25) is 11.8 Å². The highest BCUT2D eigenvalue weighted by Gasteiger charge is 2.27. The minimum absolute atomic E-state index is 0.0920. The molecule has 1 aliphatic heterocycles. The van der Waals surface area contributed by atoms with E-state index in [0.717, 1.165) is 10.2 Å². The van der Waals surface area contributed by atoms with Crippen LogP contribution in [-0.2, 0) is 9.59 Å². The lowest BCUT2D eigenvalue weighted by Crippen LogP contribution is -2.53. The normalized spacial score (nSPS) is 15.7. The second kappa shape index (κ2) is 4.43. The van der Waals surface area contributed by atoms with Crippen molar-refractivity contribution in [2.75, 3.05) is 13.1 Å². The average Bonchev–Trinajstić information content (AvgIpc) is 2.83. The maximum absolute atomic E-state index is 12.2. The molecule has 1 aliphatic rings. The predicted molar refractivity (Wildman–Crippen MR) is 68.7 cm³/mol. The lowest BCUT2D eigenvalue weighted by Gasteiger charge is -2.25. The number of carbonyl (C=O) groups excluding carboxylic acids is 3. The molecule has 2 aromatic rings. The molecule has 1 aromatic heterocycles. The van der Waals surface area contributed by atoms with E-state index in [1.165, 1.54) is 16.2 Å². The number of nitrogens with zero attached hydrogens (tertiary/aromatic N) is 2. The van der Waals surface area contributed by atoms with Gasteiger partial charge in [0.05, 0.1) is 15.7 Å². The number of carbonyl (C=O) groups is 3. The van der Waals surface area contributed by atoms with Gasteiger partial charge < -0.3 is 4.90 Å². The van der Waals surface area contributed by atoms with Crippen LogP contribution < -0.4 is 5.32 Å². The van der Waals surface area contributed by atoms with Crippen molar-refractivity contribution in [1.82, 2.24) is 15.2 Å². The maximum Gasteiger partial charge on any atom is 0.254 e. The Morgan fingerprint density at radius 1 is 1.26 bits per heavy atom. The fourth-order valence-electron chi connectivity index (χ4n) is 1.95. The van der Waals surface area contributed by atoms with Crippen LogP contribution in [0.15, 0.2) is 23.7 Å². The van der Waals surface area contributed by atoms with E-state index < -0.39 is 11.8 Å². The number of benzene rings is 1. The Morgan fingerprint density at radius 2 is 2.00 bits per heavy atom. The highest BCUT2D eigenvalue weighted by molar-refractivity contribution is 7.16. The summed E-state index contributed by atoms with van der Waals surface area (Å²) < 4.78 is 0.902. The molecule has 3 rings (SSSR count). The number of rotatable bonds is 1. The van der Waals surface area contributed by atoms with Gasteiger partial charge in [0.25, 0.3) is 5.91 Å². The molecule has 19 heavy (non-hydrogen) atoms. The van der Waals surface area contributed by atoms with Gasteiger partial charge in [0, 0.05) is 5.56 Å². The summed E-state index contributed by atoms with van der Waals surface area (Å²) in [6.45, 7) is -0.184. The van der Waals surface area contributed by atoms with Crippen LogP contribution in [-0.4, -0.2) is 40.7 Å². The van der Waals surface area contributed by atoms with Crippen LogP contribution >= 0.6 is 11.3 Å². The first kappa shape index (κ1) is 11.8. The molecule has 1 fully saturated rings. The van der Waals surface area contributed by atoms with Gasteiger partial charge in [-0.05, 0) is 18.2 Å². The number of nitrogens with one attached hydrogen (secondary N) is 1. The van der Waals surface area contributed by atoms with Crippen molar-refractivity contribution in [3.05, 3.63) is 29.3 Å². The Labute approximate surface area is 112 Å². The van der Waals surface area contributed by atoms with Crippen molar-refractivity contribution in [3.8, 4) is 0 Å². The summed E-state index contributed by atoms with van der Waals surface area (Å²) in [4.78, 5) is 40.1.